The van der Waals surface area contributed by atoms with Crippen LogP contribution in [0.2, 0.25) is 0 Å². The molecular formula is C6H14N2O2S. The van der Waals surface area contributed by atoms with Crippen molar-refractivity contribution < 1.29 is 9.53 Å². The number of hydrogen-bond donors (Lipinski definition) is 3. The molecular weight excluding hydrogens is 164 g/mol. The Morgan fingerprint density at radius 3 is 2.45 bits per heavy atom. The van der Waals surface area contributed by atoms with Crippen molar-refractivity contribution in [1.29, 1.82) is 0 Å². The van der Waals surface area contributed by atoms with E-state index in [0.29, 0.717) is 26.1 Å². The maximum absolute atomic E-state index is 10.7. The van der Waals surface area contributed by atoms with E-state index in [0.717, 1.165) is 0 Å². The number of ether oxygens (including phenoxy) is 1. The molecule has 4 N–H and O–H groups in total. The number of carbonyl (C=O) groups is 1. The minimum absolute atomic E-state index is 0.288. The van der Waals surface area contributed by atoms with Crippen molar-refractivity contribution in [2.45, 2.75) is 12.5 Å². The summed E-state index contributed by atoms with van der Waals surface area (Å²) in [5.41, 5.74) is 10.4. The van der Waals surface area contributed by atoms with Gasteiger partial charge in [-0.15, -0.1) is 12.6 Å². The number of carbonyl (C=O) groups excluding carboxylic acids is 1. The van der Waals surface area contributed by atoms with Gasteiger partial charge < -0.3 is 16.2 Å². The van der Waals surface area contributed by atoms with Crippen LogP contribution >= 0.6 is 12.6 Å². The van der Waals surface area contributed by atoms with Crippen molar-refractivity contribution in [3.8, 4) is 0 Å². The Labute approximate surface area is 71.7 Å². The average molecular weight is 178 g/mol. The SMILES string of the molecule is NCCOC(CCN)C(=O)S. The van der Waals surface area contributed by atoms with Crippen LogP contribution in [-0.2, 0) is 9.53 Å². The predicted octanol–water partition coefficient (Wildman–Crippen LogP) is -0.865. The normalized spacial score (nSPS) is 13.0. The maximum atomic E-state index is 10.7. The Morgan fingerprint density at radius 1 is 1.45 bits per heavy atom. The number of thiol groups is 1. The fourth-order valence-corrected chi connectivity index (χ4v) is 0.843. The zero-order valence-electron chi connectivity index (χ0n) is 6.32. The molecule has 4 nitrogen and oxygen atoms in total. The summed E-state index contributed by atoms with van der Waals surface area (Å²) < 4.78 is 5.06. The minimum Gasteiger partial charge on any atom is -0.368 e. The Morgan fingerprint density at radius 2 is 2.09 bits per heavy atom. The van der Waals surface area contributed by atoms with Crippen molar-refractivity contribution in [3.63, 3.8) is 0 Å². The molecule has 0 aromatic heterocycles. The fraction of sp³-hybridized carbons (Fsp3) is 0.833. The van der Waals surface area contributed by atoms with E-state index in [-0.39, 0.29) is 5.12 Å². The van der Waals surface area contributed by atoms with Crippen LogP contribution in [0, 0.1) is 0 Å². The molecule has 1 unspecified atom stereocenters. The summed E-state index contributed by atoms with van der Waals surface area (Å²) in [6.07, 6.45) is 0.00869. The molecule has 0 bridgehead atoms. The Hall–Kier alpha value is -0.100. The second kappa shape index (κ2) is 6.60. The quantitative estimate of drug-likeness (QED) is 0.462. The molecule has 0 aromatic rings. The second-order valence-corrected chi connectivity index (χ2v) is 2.50. The monoisotopic (exact) mass is 178 g/mol. The fourth-order valence-electron chi connectivity index (χ4n) is 0.640. The average Bonchev–Trinajstić information content (AvgIpc) is 1.97. The second-order valence-electron chi connectivity index (χ2n) is 2.06. The summed E-state index contributed by atoms with van der Waals surface area (Å²) in [5, 5.41) is -0.288. The van der Waals surface area contributed by atoms with Gasteiger partial charge >= 0.3 is 0 Å². The van der Waals surface area contributed by atoms with Crippen LogP contribution in [0.1, 0.15) is 6.42 Å². The van der Waals surface area contributed by atoms with Gasteiger partial charge in [0.2, 0.25) is 5.12 Å². The topological polar surface area (TPSA) is 78.3 Å². The van der Waals surface area contributed by atoms with E-state index >= 15 is 0 Å². The lowest BCUT2D eigenvalue weighted by atomic mass is 10.3. The van der Waals surface area contributed by atoms with Gasteiger partial charge in [0.1, 0.15) is 6.10 Å². The largest absolute Gasteiger partial charge is 0.368 e. The highest BCUT2D eigenvalue weighted by atomic mass is 32.1. The first-order valence-electron chi connectivity index (χ1n) is 3.47. The summed E-state index contributed by atoms with van der Waals surface area (Å²) in [6.45, 7) is 1.20. The van der Waals surface area contributed by atoms with Gasteiger partial charge in [-0.3, -0.25) is 4.79 Å². The zero-order chi connectivity index (χ0) is 8.69. The number of rotatable bonds is 6. The van der Waals surface area contributed by atoms with Crippen LogP contribution in [0.3, 0.4) is 0 Å². The molecule has 0 aliphatic carbocycles. The van der Waals surface area contributed by atoms with Crippen molar-refractivity contribution >= 4 is 17.7 Å². The molecule has 0 rings (SSSR count). The molecule has 0 spiro atoms. The number of hydrogen-bond acceptors (Lipinski definition) is 4. The van der Waals surface area contributed by atoms with Gasteiger partial charge in [0, 0.05) is 6.54 Å². The molecule has 0 aliphatic heterocycles. The molecule has 0 radical (unpaired) electrons. The van der Waals surface area contributed by atoms with Crippen LogP contribution in [0.15, 0.2) is 0 Å². The summed E-state index contributed by atoms with van der Waals surface area (Å²) in [4.78, 5) is 10.7. The first kappa shape index (κ1) is 10.9. The van der Waals surface area contributed by atoms with Crippen molar-refractivity contribution in [3.05, 3.63) is 0 Å². The van der Waals surface area contributed by atoms with Crippen LogP contribution in [-0.4, -0.2) is 30.9 Å². The Kier molecular flexibility index (Phi) is 6.54. The Bertz CT molecular complexity index is 121. The highest BCUT2D eigenvalue weighted by Crippen LogP contribution is 2.00. The third-order valence-corrected chi connectivity index (χ3v) is 1.43. The lowest BCUT2D eigenvalue weighted by Gasteiger charge is -2.11. The molecule has 11 heavy (non-hydrogen) atoms. The van der Waals surface area contributed by atoms with E-state index in [1.807, 2.05) is 0 Å². The van der Waals surface area contributed by atoms with E-state index in [1.54, 1.807) is 0 Å². The highest BCUT2D eigenvalue weighted by molar-refractivity contribution is 7.96. The minimum atomic E-state index is -0.494. The van der Waals surface area contributed by atoms with Crippen LogP contribution in [0.4, 0.5) is 0 Å². The van der Waals surface area contributed by atoms with Gasteiger partial charge in [-0.25, -0.2) is 0 Å². The van der Waals surface area contributed by atoms with Crippen molar-refractivity contribution in [2.75, 3.05) is 19.7 Å². The van der Waals surface area contributed by atoms with Crippen LogP contribution in [0.25, 0.3) is 0 Å². The third-order valence-electron chi connectivity index (χ3n) is 1.14. The van der Waals surface area contributed by atoms with Gasteiger partial charge in [0.15, 0.2) is 0 Å². The smallest absolute Gasteiger partial charge is 0.214 e. The molecule has 1 atom stereocenters. The van der Waals surface area contributed by atoms with E-state index in [9.17, 15) is 4.79 Å². The van der Waals surface area contributed by atoms with E-state index in [4.69, 9.17) is 16.2 Å². The lowest BCUT2D eigenvalue weighted by molar-refractivity contribution is -0.121. The van der Waals surface area contributed by atoms with Crippen molar-refractivity contribution in [1.82, 2.24) is 0 Å². The standard InChI is InChI=1S/C6H14N2O2S/c7-2-1-5(6(9)11)10-4-3-8/h5H,1-4,7-8H2,(H,9,11). The van der Waals surface area contributed by atoms with Crippen LogP contribution in [0.5, 0.6) is 0 Å². The zero-order valence-corrected chi connectivity index (χ0v) is 7.22. The van der Waals surface area contributed by atoms with Crippen molar-refractivity contribution in [2.24, 2.45) is 11.5 Å². The van der Waals surface area contributed by atoms with Gasteiger partial charge in [0.25, 0.3) is 0 Å². The maximum Gasteiger partial charge on any atom is 0.214 e. The van der Waals surface area contributed by atoms with Gasteiger partial charge in [0.05, 0.1) is 6.61 Å². The molecule has 0 saturated carbocycles. The summed E-state index contributed by atoms with van der Waals surface area (Å²) >= 11 is 3.64. The molecule has 0 heterocycles. The number of nitrogens with two attached hydrogens (primary N) is 2. The van der Waals surface area contributed by atoms with E-state index in [2.05, 4.69) is 12.6 Å². The first-order valence-corrected chi connectivity index (χ1v) is 3.91. The van der Waals surface area contributed by atoms with Gasteiger partial charge in [-0.1, -0.05) is 0 Å². The molecule has 0 aromatic carbocycles. The molecule has 0 amide bonds. The molecule has 0 saturated heterocycles. The lowest BCUT2D eigenvalue weighted by Crippen LogP contribution is -2.26. The molecule has 5 heteroatoms. The molecule has 66 valence electrons. The predicted molar refractivity (Wildman–Crippen MR) is 46.5 cm³/mol. The van der Waals surface area contributed by atoms with Gasteiger partial charge in [-0.2, -0.15) is 0 Å². The first-order chi connectivity index (χ1) is 5.22. The van der Waals surface area contributed by atoms with Gasteiger partial charge in [-0.05, 0) is 13.0 Å². The Balaban J connectivity index is 3.60. The van der Waals surface area contributed by atoms with E-state index in [1.165, 1.54) is 0 Å². The van der Waals surface area contributed by atoms with E-state index < -0.39 is 6.10 Å². The third kappa shape index (κ3) is 5.20. The summed E-state index contributed by atoms with van der Waals surface area (Å²) in [5.74, 6) is 0. The summed E-state index contributed by atoms with van der Waals surface area (Å²) in [7, 11) is 0. The molecule has 0 fully saturated rings. The van der Waals surface area contributed by atoms with Crippen LogP contribution < -0.4 is 11.5 Å². The summed E-state index contributed by atoms with van der Waals surface area (Å²) in [6, 6.07) is 0. The molecule has 0 aliphatic rings. The highest BCUT2D eigenvalue weighted by Gasteiger charge is 2.13.